The number of carbonyl (C=O) groups excluding carboxylic acids is 1. The summed E-state index contributed by atoms with van der Waals surface area (Å²) in [6.07, 6.45) is 4.12. The van der Waals surface area contributed by atoms with Crippen LogP contribution in [-0.2, 0) is 18.3 Å². The number of nitrogens with two attached hydrogens (primary N) is 1. The molecule has 1 fully saturated rings. The number of nitrogens with zero attached hydrogens (tertiary/aromatic N) is 2. The van der Waals surface area contributed by atoms with Crippen LogP contribution in [0.5, 0.6) is 0 Å². The fourth-order valence-electron chi connectivity index (χ4n) is 3.44. The Hall–Kier alpha value is -2.11. The van der Waals surface area contributed by atoms with Gasteiger partial charge in [0.15, 0.2) is 0 Å². The van der Waals surface area contributed by atoms with Crippen LogP contribution in [0.4, 0.5) is 0 Å². The minimum Gasteiger partial charge on any atom is -0.341 e. The van der Waals surface area contributed by atoms with E-state index < -0.39 is 6.04 Å². The fraction of sp³-hybridized carbons (Fsp3) is 0.400. The fourth-order valence-corrected chi connectivity index (χ4v) is 3.44. The van der Waals surface area contributed by atoms with Crippen molar-refractivity contribution < 1.29 is 4.79 Å². The molecule has 0 radical (unpaired) electrons. The third-order valence-corrected chi connectivity index (χ3v) is 5.02. The number of rotatable bonds is 4. The van der Waals surface area contributed by atoms with Gasteiger partial charge in [0.1, 0.15) is 0 Å². The zero-order chi connectivity index (χ0) is 17.8. The molecule has 140 valence electrons. The molecule has 2 N–H and O–H groups in total. The summed E-state index contributed by atoms with van der Waals surface area (Å²) in [4.78, 5) is 26.3. The normalized spacial score (nSPS) is 16.0. The number of benzene rings is 1. The molecule has 26 heavy (non-hydrogen) atoms. The van der Waals surface area contributed by atoms with Crippen molar-refractivity contribution in [1.29, 1.82) is 0 Å². The van der Waals surface area contributed by atoms with Gasteiger partial charge in [-0.3, -0.25) is 9.59 Å². The van der Waals surface area contributed by atoms with E-state index in [1.807, 2.05) is 47.5 Å². The molecule has 1 aliphatic heterocycles. The topological polar surface area (TPSA) is 68.3 Å². The lowest BCUT2D eigenvalue weighted by molar-refractivity contribution is -0.133. The Morgan fingerprint density at radius 2 is 1.85 bits per heavy atom. The summed E-state index contributed by atoms with van der Waals surface area (Å²) < 4.78 is 1.57. The maximum Gasteiger partial charge on any atom is 0.250 e. The van der Waals surface area contributed by atoms with Crippen molar-refractivity contribution in [2.24, 2.45) is 12.8 Å². The van der Waals surface area contributed by atoms with Crippen molar-refractivity contribution in [3.63, 3.8) is 0 Å². The number of carbonyl (C=O) groups is 1. The highest BCUT2D eigenvalue weighted by Crippen LogP contribution is 2.27. The molecule has 0 bridgehead atoms. The van der Waals surface area contributed by atoms with Crippen LogP contribution in [0.1, 0.15) is 29.9 Å². The molecular formula is C20H26ClN3O2. The van der Waals surface area contributed by atoms with Gasteiger partial charge in [0.25, 0.3) is 5.56 Å². The van der Waals surface area contributed by atoms with E-state index in [-0.39, 0.29) is 23.9 Å². The molecule has 2 heterocycles. The van der Waals surface area contributed by atoms with Crippen molar-refractivity contribution in [3.05, 3.63) is 70.1 Å². The quantitative estimate of drug-likeness (QED) is 0.889. The van der Waals surface area contributed by atoms with E-state index in [2.05, 4.69) is 0 Å². The molecule has 2 aromatic rings. The third-order valence-electron chi connectivity index (χ3n) is 5.02. The van der Waals surface area contributed by atoms with Crippen LogP contribution in [-0.4, -0.2) is 34.5 Å². The van der Waals surface area contributed by atoms with Crippen molar-refractivity contribution in [1.82, 2.24) is 9.47 Å². The van der Waals surface area contributed by atoms with E-state index in [0.29, 0.717) is 25.4 Å². The van der Waals surface area contributed by atoms with Gasteiger partial charge in [-0.2, -0.15) is 0 Å². The van der Waals surface area contributed by atoms with Gasteiger partial charge in [0.2, 0.25) is 5.91 Å². The number of pyridine rings is 1. The zero-order valence-electron chi connectivity index (χ0n) is 15.0. The first-order valence-corrected chi connectivity index (χ1v) is 8.79. The number of piperidine rings is 1. The number of hydrogen-bond acceptors (Lipinski definition) is 3. The summed E-state index contributed by atoms with van der Waals surface area (Å²) in [5, 5.41) is 0. The minimum absolute atomic E-state index is 0. The lowest BCUT2D eigenvalue weighted by Crippen LogP contribution is -2.47. The van der Waals surface area contributed by atoms with Crippen molar-refractivity contribution in [3.8, 4) is 0 Å². The van der Waals surface area contributed by atoms with Crippen molar-refractivity contribution in [2.75, 3.05) is 13.1 Å². The number of aryl methyl sites for hydroxylation is 1. The molecule has 5 nitrogen and oxygen atoms in total. The standard InChI is InChI=1S/C20H25N3O2.ClH/c1-22-10-7-17(14-19(22)24)16-8-11-23(12-9-16)20(25)18(21)13-15-5-3-2-4-6-15;/h2-7,10,14,16,18H,8-9,11-13,21H2,1H3;1H/t18-;/m1./s1. The summed E-state index contributed by atoms with van der Waals surface area (Å²) in [5.41, 5.74) is 8.30. The lowest BCUT2D eigenvalue weighted by atomic mass is 9.89. The average Bonchev–Trinajstić information content (AvgIpc) is 2.64. The van der Waals surface area contributed by atoms with E-state index in [0.717, 1.165) is 24.0 Å². The van der Waals surface area contributed by atoms with Crippen LogP contribution in [0.15, 0.2) is 53.5 Å². The largest absolute Gasteiger partial charge is 0.341 e. The summed E-state index contributed by atoms with van der Waals surface area (Å²) >= 11 is 0. The summed E-state index contributed by atoms with van der Waals surface area (Å²) in [7, 11) is 1.75. The molecule has 0 aliphatic carbocycles. The second-order valence-corrected chi connectivity index (χ2v) is 6.80. The monoisotopic (exact) mass is 375 g/mol. The summed E-state index contributed by atoms with van der Waals surface area (Å²) in [6.45, 7) is 1.39. The van der Waals surface area contributed by atoms with E-state index in [4.69, 9.17) is 5.73 Å². The highest BCUT2D eigenvalue weighted by atomic mass is 35.5. The van der Waals surface area contributed by atoms with Gasteiger partial charge in [0, 0.05) is 32.4 Å². The highest BCUT2D eigenvalue weighted by Gasteiger charge is 2.27. The maximum atomic E-state index is 12.6. The Kier molecular flexibility index (Phi) is 7.00. The van der Waals surface area contributed by atoms with Crippen LogP contribution in [0.2, 0.25) is 0 Å². The van der Waals surface area contributed by atoms with Gasteiger partial charge in [-0.1, -0.05) is 30.3 Å². The van der Waals surface area contributed by atoms with Crippen LogP contribution in [0.25, 0.3) is 0 Å². The Labute approximate surface area is 160 Å². The Bertz CT molecular complexity index is 783. The van der Waals surface area contributed by atoms with Crippen LogP contribution >= 0.6 is 12.4 Å². The maximum absolute atomic E-state index is 12.6. The number of amides is 1. The second kappa shape index (κ2) is 9.01. The smallest absolute Gasteiger partial charge is 0.250 e. The van der Waals surface area contributed by atoms with E-state index in [9.17, 15) is 9.59 Å². The van der Waals surface area contributed by atoms with E-state index in [1.54, 1.807) is 17.7 Å². The molecular weight excluding hydrogens is 350 g/mol. The van der Waals surface area contributed by atoms with Crippen LogP contribution in [0.3, 0.4) is 0 Å². The van der Waals surface area contributed by atoms with E-state index in [1.165, 1.54) is 0 Å². The lowest BCUT2D eigenvalue weighted by Gasteiger charge is -2.33. The molecule has 1 aromatic heterocycles. The molecule has 0 spiro atoms. The number of hydrogen-bond donors (Lipinski definition) is 1. The molecule has 1 aromatic carbocycles. The first-order valence-electron chi connectivity index (χ1n) is 8.79. The van der Waals surface area contributed by atoms with Gasteiger partial charge < -0.3 is 15.2 Å². The Balaban J connectivity index is 0.00000243. The van der Waals surface area contributed by atoms with Gasteiger partial charge in [-0.15, -0.1) is 12.4 Å². The highest BCUT2D eigenvalue weighted by molar-refractivity contribution is 5.85. The first kappa shape index (κ1) is 20.2. The molecule has 1 amide bonds. The number of likely N-dealkylation sites (tertiary alicyclic amines) is 1. The molecule has 1 atom stereocenters. The van der Waals surface area contributed by atoms with Gasteiger partial charge in [-0.05, 0) is 42.4 Å². The summed E-state index contributed by atoms with van der Waals surface area (Å²) in [6, 6.07) is 13.1. The molecule has 3 rings (SSSR count). The van der Waals surface area contributed by atoms with Crippen LogP contribution < -0.4 is 11.3 Å². The second-order valence-electron chi connectivity index (χ2n) is 6.80. The zero-order valence-corrected chi connectivity index (χ0v) is 15.8. The van der Waals surface area contributed by atoms with Crippen molar-refractivity contribution in [2.45, 2.75) is 31.2 Å². The number of aromatic nitrogens is 1. The van der Waals surface area contributed by atoms with Gasteiger partial charge in [-0.25, -0.2) is 0 Å². The molecule has 1 aliphatic rings. The first-order chi connectivity index (χ1) is 12.0. The average molecular weight is 376 g/mol. The molecule has 0 saturated carbocycles. The SMILES string of the molecule is Cl.Cn1ccc(C2CCN(C(=O)[C@H](N)Cc3ccccc3)CC2)cc1=O. The van der Waals surface area contributed by atoms with Gasteiger partial charge >= 0.3 is 0 Å². The predicted octanol–water partition coefficient (Wildman–Crippen LogP) is 2.08. The molecule has 1 saturated heterocycles. The van der Waals surface area contributed by atoms with Crippen molar-refractivity contribution >= 4 is 18.3 Å². The minimum atomic E-state index is -0.497. The Morgan fingerprint density at radius 1 is 1.19 bits per heavy atom. The summed E-state index contributed by atoms with van der Waals surface area (Å²) in [5.74, 6) is 0.356. The van der Waals surface area contributed by atoms with Gasteiger partial charge in [0.05, 0.1) is 6.04 Å². The predicted molar refractivity (Wildman–Crippen MR) is 106 cm³/mol. The number of halogens is 1. The molecule has 0 unspecified atom stereocenters. The Morgan fingerprint density at radius 3 is 2.46 bits per heavy atom. The van der Waals surface area contributed by atoms with Crippen LogP contribution in [0, 0.1) is 0 Å². The molecule has 6 heteroatoms. The third kappa shape index (κ3) is 4.74. The van der Waals surface area contributed by atoms with E-state index >= 15 is 0 Å².